The molecule has 3 nitrogen and oxygen atoms in total. The Morgan fingerprint density at radius 1 is 0.558 bits per heavy atom. The van der Waals surface area contributed by atoms with E-state index < -0.39 is 0 Å². The van der Waals surface area contributed by atoms with E-state index in [9.17, 15) is 0 Å². The second-order valence-corrected chi connectivity index (χ2v) is 10.1. The summed E-state index contributed by atoms with van der Waals surface area (Å²) < 4.78 is 6.08. The van der Waals surface area contributed by atoms with Crippen LogP contribution in [0.25, 0.3) is 66.4 Å². The number of aryl methyl sites for hydroxylation is 1. The number of benzene rings is 5. The minimum absolute atomic E-state index is 0. The quantitative estimate of drug-likeness (QED) is 0.170. The molecule has 0 spiro atoms. The van der Waals surface area contributed by atoms with Gasteiger partial charge in [0.25, 0.3) is 0 Å². The van der Waals surface area contributed by atoms with Crippen molar-refractivity contribution in [2.45, 2.75) is 6.92 Å². The Labute approximate surface area is 264 Å². The SMILES string of the molecule is Cc1cc(-c2ccccn2)[c-]cc1-c1cccc2c1ccc1oc3ccccc3c12.[Ir].[c-]1ccccc1-c1ccccn1. The maximum atomic E-state index is 6.08. The molecule has 0 aliphatic heterocycles. The summed E-state index contributed by atoms with van der Waals surface area (Å²) in [5.41, 5.74) is 9.42. The van der Waals surface area contributed by atoms with Gasteiger partial charge in [0, 0.05) is 43.3 Å². The minimum Gasteiger partial charge on any atom is -0.456 e. The molecule has 3 aromatic heterocycles. The molecule has 1 radical (unpaired) electrons. The zero-order valence-corrected chi connectivity index (χ0v) is 25.8. The molecule has 3 heterocycles. The normalized spacial score (nSPS) is 10.7. The van der Waals surface area contributed by atoms with Crippen LogP contribution < -0.4 is 0 Å². The molecule has 0 aliphatic carbocycles. The molecule has 0 atom stereocenters. The van der Waals surface area contributed by atoms with Gasteiger partial charge >= 0.3 is 0 Å². The monoisotopic (exact) mass is 731 g/mol. The van der Waals surface area contributed by atoms with Gasteiger partial charge in [-0.1, -0.05) is 84.8 Å². The van der Waals surface area contributed by atoms with Gasteiger partial charge < -0.3 is 14.4 Å². The van der Waals surface area contributed by atoms with Crippen molar-refractivity contribution < 1.29 is 24.5 Å². The zero-order chi connectivity index (χ0) is 28.3. The number of furan rings is 1. The number of nitrogens with zero attached hydrogens (tertiary/aromatic N) is 2. The summed E-state index contributed by atoms with van der Waals surface area (Å²) in [6.45, 7) is 2.15. The van der Waals surface area contributed by atoms with E-state index in [4.69, 9.17) is 4.42 Å². The molecule has 0 saturated carbocycles. The maximum absolute atomic E-state index is 6.08. The smallest absolute Gasteiger partial charge is 0.136 e. The summed E-state index contributed by atoms with van der Waals surface area (Å²) in [5.74, 6) is 0. The van der Waals surface area contributed by atoms with E-state index >= 15 is 0 Å². The Morgan fingerprint density at radius 3 is 2.00 bits per heavy atom. The van der Waals surface area contributed by atoms with Crippen molar-refractivity contribution in [1.82, 2.24) is 9.97 Å². The summed E-state index contributed by atoms with van der Waals surface area (Å²) >= 11 is 0. The third-order valence-corrected chi connectivity index (χ3v) is 7.44. The van der Waals surface area contributed by atoms with E-state index in [0.29, 0.717) is 0 Å². The second-order valence-electron chi connectivity index (χ2n) is 10.1. The largest absolute Gasteiger partial charge is 0.456 e. The number of fused-ring (bicyclic) bond motifs is 5. The molecule has 0 bridgehead atoms. The van der Waals surface area contributed by atoms with Crippen molar-refractivity contribution >= 4 is 32.7 Å². The molecule has 0 N–H and O–H groups in total. The summed E-state index contributed by atoms with van der Waals surface area (Å²) in [6, 6.07) is 49.5. The third-order valence-electron chi connectivity index (χ3n) is 7.44. The van der Waals surface area contributed by atoms with Gasteiger partial charge in [0.2, 0.25) is 0 Å². The fraction of sp³-hybridized carbons (Fsp3) is 0.0256. The Bertz CT molecular complexity index is 2100. The molecular formula is C39H26IrN2O-2. The van der Waals surface area contributed by atoms with Crippen LogP contribution in [0, 0.1) is 19.1 Å². The zero-order valence-electron chi connectivity index (χ0n) is 23.4. The van der Waals surface area contributed by atoms with Crippen LogP contribution in [-0.2, 0) is 20.1 Å². The molecular weight excluding hydrogens is 705 g/mol. The number of hydrogen-bond donors (Lipinski definition) is 0. The number of rotatable bonds is 3. The van der Waals surface area contributed by atoms with Gasteiger partial charge in [-0.05, 0) is 46.4 Å². The molecule has 4 heteroatoms. The standard InChI is InChI=1S/C28H18NO.C11H8N.Ir/c1-18-17-19(25-10-4-5-16-29-25)12-13-20(18)21-8-6-9-23-22(21)14-15-27-28(23)24-7-2-3-11-26(24)30-27;1-2-6-10(7-3-1)11-8-4-5-9-12-11;/h2-11,13-17H,1H3;1-6,8-9H;/q2*-1;. The first-order chi connectivity index (χ1) is 20.8. The first-order valence-electron chi connectivity index (χ1n) is 13.9. The van der Waals surface area contributed by atoms with Crippen LogP contribution in [-0.4, -0.2) is 9.97 Å². The summed E-state index contributed by atoms with van der Waals surface area (Å²) in [6.07, 6.45) is 3.60. The first kappa shape index (κ1) is 28.2. The third kappa shape index (κ3) is 5.63. The van der Waals surface area contributed by atoms with Gasteiger partial charge in [-0.3, -0.25) is 0 Å². The van der Waals surface area contributed by atoms with E-state index in [2.05, 4.69) is 83.6 Å². The van der Waals surface area contributed by atoms with Crippen molar-refractivity contribution in [2.75, 3.05) is 0 Å². The fourth-order valence-electron chi connectivity index (χ4n) is 5.45. The summed E-state index contributed by atoms with van der Waals surface area (Å²) in [5, 5.41) is 4.77. The van der Waals surface area contributed by atoms with Crippen LogP contribution in [0.4, 0.5) is 0 Å². The van der Waals surface area contributed by atoms with Gasteiger partial charge in [-0.15, -0.1) is 65.2 Å². The Balaban J connectivity index is 0.000000213. The summed E-state index contributed by atoms with van der Waals surface area (Å²) in [4.78, 5) is 8.68. The molecule has 5 aromatic carbocycles. The number of aromatic nitrogens is 2. The van der Waals surface area contributed by atoms with E-state index in [1.807, 2.05) is 79.0 Å². The number of para-hydroxylation sites is 1. The second kappa shape index (κ2) is 12.5. The number of pyridine rings is 2. The maximum Gasteiger partial charge on any atom is 0.136 e. The minimum atomic E-state index is 0. The van der Waals surface area contributed by atoms with Crippen molar-refractivity contribution in [3.8, 4) is 33.6 Å². The molecule has 0 fully saturated rings. The first-order valence-corrected chi connectivity index (χ1v) is 13.9. The van der Waals surface area contributed by atoms with E-state index in [0.717, 1.165) is 39.1 Å². The molecule has 209 valence electrons. The van der Waals surface area contributed by atoms with Gasteiger partial charge in [0.1, 0.15) is 11.2 Å². The van der Waals surface area contributed by atoms with E-state index in [1.54, 1.807) is 6.20 Å². The average molecular weight is 731 g/mol. The van der Waals surface area contributed by atoms with Crippen molar-refractivity contribution in [3.05, 3.63) is 157 Å². The van der Waals surface area contributed by atoms with Crippen LogP contribution in [0.2, 0.25) is 0 Å². The van der Waals surface area contributed by atoms with E-state index in [1.165, 1.54) is 32.8 Å². The van der Waals surface area contributed by atoms with Crippen molar-refractivity contribution in [3.63, 3.8) is 0 Å². The van der Waals surface area contributed by atoms with E-state index in [-0.39, 0.29) is 20.1 Å². The molecule has 8 aromatic rings. The van der Waals surface area contributed by atoms with Gasteiger partial charge in [-0.25, -0.2) is 0 Å². The number of hydrogen-bond acceptors (Lipinski definition) is 3. The van der Waals surface area contributed by atoms with Crippen LogP contribution in [0.15, 0.2) is 144 Å². The molecule has 0 aliphatic rings. The van der Waals surface area contributed by atoms with Gasteiger partial charge in [0.05, 0.1) is 0 Å². The Morgan fingerprint density at radius 2 is 1.28 bits per heavy atom. The Kier molecular flexibility index (Phi) is 8.24. The van der Waals surface area contributed by atoms with Crippen LogP contribution in [0.5, 0.6) is 0 Å². The predicted octanol–water partition coefficient (Wildman–Crippen LogP) is 10.1. The molecule has 8 rings (SSSR count). The van der Waals surface area contributed by atoms with Gasteiger partial charge in [-0.2, -0.15) is 0 Å². The van der Waals surface area contributed by atoms with Crippen LogP contribution in [0.1, 0.15) is 5.56 Å². The van der Waals surface area contributed by atoms with Crippen LogP contribution in [0.3, 0.4) is 0 Å². The predicted molar refractivity (Wildman–Crippen MR) is 172 cm³/mol. The average Bonchev–Trinajstić information content (AvgIpc) is 3.45. The molecule has 0 amide bonds. The molecule has 43 heavy (non-hydrogen) atoms. The van der Waals surface area contributed by atoms with Crippen LogP contribution >= 0.6 is 0 Å². The fourth-order valence-corrected chi connectivity index (χ4v) is 5.45. The summed E-state index contributed by atoms with van der Waals surface area (Å²) in [7, 11) is 0. The topological polar surface area (TPSA) is 38.9 Å². The van der Waals surface area contributed by atoms with Crippen molar-refractivity contribution in [1.29, 1.82) is 0 Å². The molecule has 0 saturated heterocycles. The Hall–Kier alpha value is -4.89. The van der Waals surface area contributed by atoms with Gasteiger partial charge in [0.15, 0.2) is 0 Å². The van der Waals surface area contributed by atoms with Crippen molar-refractivity contribution in [2.24, 2.45) is 0 Å². The molecule has 0 unspecified atom stereocenters.